The van der Waals surface area contributed by atoms with Crippen LogP contribution < -0.4 is 4.74 Å². The highest BCUT2D eigenvalue weighted by molar-refractivity contribution is 14.3. The molecule has 2 atom stereocenters. The van der Waals surface area contributed by atoms with Crippen molar-refractivity contribution in [2.24, 2.45) is 5.92 Å². The van der Waals surface area contributed by atoms with Gasteiger partial charge in [0, 0.05) is 50.3 Å². The molecule has 0 spiro atoms. The van der Waals surface area contributed by atoms with Crippen LogP contribution in [0.5, 0.6) is 5.75 Å². The predicted octanol–water partition coefficient (Wildman–Crippen LogP) is 4.74. The maximum absolute atomic E-state index is 13.2. The number of nitrogens with zero attached hydrogens (tertiary/aromatic N) is 2. The quantitative estimate of drug-likeness (QED) is 0.0857. The average molecular weight is 696 g/mol. The van der Waals surface area contributed by atoms with Gasteiger partial charge in [0.05, 0.1) is 19.3 Å². The molecule has 1 aliphatic carbocycles. The molecule has 1 aromatic rings. The van der Waals surface area contributed by atoms with E-state index in [1.165, 1.54) is 31.6 Å². The fourth-order valence-corrected chi connectivity index (χ4v) is 6.33. The average Bonchev–Trinajstić information content (AvgIpc) is 3.57. The third kappa shape index (κ3) is 7.24. The van der Waals surface area contributed by atoms with Crippen LogP contribution in [0.25, 0.3) is 0 Å². The molecule has 0 aromatic carbocycles. The van der Waals surface area contributed by atoms with E-state index in [1.54, 1.807) is 18.2 Å². The molecule has 1 saturated heterocycles. The first-order valence-electron chi connectivity index (χ1n) is 9.92. The van der Waals surface area contributed by atoms with Crippen molar-refractivity contribution in [3.63, 3.8) is 0 Å². The number of carbonyl (C=O) groups excluding carboxylic acids is 1. The summed E-state index contributed by atoms with van der Waals surface area (Å²) >= 11 is 6.07. The number of likely N-dealkylation sites (tertiary alicyclic amines) is 1. The Labute approximate surface area is 214 Å². The highest BCUT2D eigenvalue weighted by Gasteiger charge is 2.62. The van der Waals surface area contributed by atoms with Crippen LogP contribution in [0.3, 0.4) is 0 Å². The van der Waals surface area contributed by atoms with Crippen LogP contribution in [-0.2, 0) is 29.6 Å². The number of ether oxygens (including phenoxy) is 4. The summed E-state index contributed by atoms with van der Waals surface area (Å²) in [6.45, 7) is 1.20. The molecule has 0 radical (unpaired) electrons. The zero-order valence-corrected chi connectivity index (χ0v) is 23.5. The van der Waals surface area contributed by atoms with E-state index >= 15 is 0 Å². The molecular formula is C19H27I2N2O6PS. The number of hydrogen-bond acceptors (Lipinski definition) is 8. The van der Waals surface area contributed by atoms with Gasteiger partial charge in [-0.05, 0) is 62.5 Å². The Morgan fingerprint density at radius 1 is 1.32 bits per heavy atom. The second-order valence-corrected chi connectivity index (χ2v) is 25.0. The molecule has 1 aromatic heterocycles. The Bertz CT molecular complexity index is 732. The minimum absolute atomic E-state index is 0.000931. The number of methoxy groups -OCH3 is 2. The summed E-state index contributed by atoms with van der Waals surface area (Å²) in [7, 11) is 3.10. The van der Waals surface area contributed by atoms with Gasteiger partial charge in [-0.3, -0.25) is 9.78 Å². The van der Waals surface area contributed by atoms with Crippen molar-refractivity contribution in [3.05, 3.63) is 24.0 Å². The predicted molar refractivity (Wildman–Crippen MR) is 137 cm³/mol. The van der Waals surface area contributed by atoms with E-state index in [4.69, 9.17) is 23.1 Å². The molecule has 1 amide bonds. The normalized spacial score (nSPS) is 23.3. The Hall–Kier alpha value is 0.500. The zero-order valence-electron chi connectivity index (χ0n) is 17.5. The molecule has 2 heterocycles. The topological polar surface area (TPSA) is 79.4 Å². The molecule has 1 aliphatic heterocycles. The summed E-state index contributed by atoms with van der Waals surface area (Å²) in [4.78, 5) is 19.3. The minimum Gasteiger partial charge on any atom is -0.493 e. The first-order chi connectivity index (χ1) is 15.0. The lowest BCUT2D eigenvalue weighted by Gasteiger charge is -2.54. The van der Waals surface area contributed by atoms with Gasteiger partial charge in [0.2, 0.25) is 0 Å². The molecule has 0 bridgehead atoms. The number of halogens is 2. The zero-order chi connectivity index (χ0) is 22.3. The molecule has 0 N–H and O–H groups in total. The molecule has 0 unspecified atom stereocenters. The van der Waals surface area contributed by atoms with Crippen molar-refractivity contribution >= 4 is 64.1 Å². The van der Waals surface area contributed by atoms with E-state index in [9.17, 15) is 4.79 Å². The Kier molecular flexibility index (Phi) is 10.8. The highest BCUT2D eigenvalue weighted by Crippen LogP contribution is 2.65. The van der Waals surface area contributed by atoms with Gasteiger partial charge < -0.3 is 28.0 Å². The van der Waals surface area contributed by atoms with Crippen molar-refractivity contribution in [2.75, 3.05) is 41.0 Å². The minimum atomic E-state index is -1.12. The van der Waals surface area contributed by atoms with Gasteiger partial charge in [-0.2, -0.15) is 0 Å². The van der Waals surface area contributed by atoms with Gasteiger partial charge in [-0.25, -0.2) is 0 Å². The van der Waals surface area contributed by atoms with Crippen molar-refractivity contribution in [2.45, 2.75) is 37.3 Å². The monoisotopic (exact) mass is 696 g/mol. The van der Waals surface area contributed by atoms with Crippen LogP contribution in [0.2, 0.25) is 0 Å². The van der Waals surface area contributed by atoms with Gasteiger partial charge in [-0.1, -0.05) is 12.8 Å². The van der Waals surface area contributed by atoms with Crippen LogP contribution in [0.15, 0.2) is 18.3 Å². The molecule has 12 heteroatoms. The summed E-state index contributed by atoms with van der Waals surface area (Å²) in [5.41, 5.74) is -0.387. The second kappa shape index (κ2) is 12.8. The number of β-lactam (4-membered cyclic amide) rings is 1. The van der Waals surface area contributed by atoms with Crippen LogP contribution in [0.4, 0.5) is 0 Å². The van der Waals surface area contributed by atoms with Crippen molar-refractivity contribution < 1.29 is 27.9 Å². The van der Waals surface area contributed by atoms with E-state index in [1.807, 2.05) is 12.1 Å². The Morgan fingerprint density at radius 3 is 2.81 bits per heavy atom. The number of rotatable bonds is 15. The fraction of sp³-hybridized carbons (Fsp3) is 0.684. The van der Waals surface area contributed by atoms with Gasteiger partial charge in [0.1, 0.15) is 21.7 Å². The maximum Gasteiger partial charge on any atom is 0.259 e. The lowest BCUT2D eigenvalue weighted by Crippen LogP contribution is -2.77. The van der Waals surface area contributed by atoms with Gasteiger partial charge in [-0.15, -0.1) is 0 Å². The Balaban J connectivity index is 1.73. The smallest absolute Gasteiger partial charge is 0.259 e. The third-order valence-electron chi connectivity index (χ3n) is 5.30. The van der Waals surface area contributed by atoms with Gasteiger partial charge in [0.15, 0.2) is 5.60 Å². The molecule has 8 nitrogen and oxygen atoms in total. The largest absolute Gasteiger partial charge is 0.493 e. The van der Waals surface area contributed by atoms with E-state index in [2.05, 4.69) is 49.1 Å². The maximum atomic E-state index is 13.2. The Morgan fingerprint density at radius 2 is 2.13 bits per heavy atom. The lowest BCUT2D eigenvalue weighted by atomic mass is 9.79. The van der Waals surface area contributed by atoms with Crippen molar-refractivity contribution in [1.82, 2.24) is 9.88 Å². The summed E-state index contributed by atoms with van der Waals surface area (Å²) in [5, 5.41) is 0. The van der Waals surface area contributed by atoms with E-state index in [0.717, 1.165) is 23.8 Å². The van der Waals surface area contributed by atoms with E-state index < -0.39 is 5.60 Å². The molecule has 31 heavy (non-hydrogen) atoms. The summed E-state index contributed by atoms with van der Waals surface area (Å²) in [6, 6.07) is 3.42. The first kappa shape index (κ1) is 26.1. The summed E-state index contributed by atoms with van der Waals surface area (Å²) < 4.78 is 27.7. The van der Waals surface area contributed by atoms with Crippen molar-refractivity contribution in [1.29, 1.82) is 0 Å². The number of aromatic nitrogens is 1. The molecule has 2 fully saturated rings. The number of amides is 1. The number of hydrogen-bond donors (Lipinski definition) is 0. The molecule has 2 aliphatic rings. The van der Waals surface area contributed by atoms with Crippen LogP contribution in [0.1, 0.15) is 25.0 Å². The standard InChI is InChI=1S/C19H27I2N2O6PS/c1-25-12-23-17(11-29-31-30(20)21)19(18(23)24,28-13-26-2)10-15-9-16(5-7-22-15)27-8-6-14-3-4-14/h5,7,9,14,17H,3-4,6,8,10-13H2,1-2H3/t17-,19+/m0/s1. The number of carbonyl (C=O) groups is 1. The third-order valence-corrected chi connectivity index (χ3v) is 9.20. The first-order valence-corrected chi connectivity index (χ1v) is 18.2. The van der Waals surface area contributed by atoms with Gasteiger partial charge >= 0.3 is 0 Å². The van der Waals surface area contributed by atoms with Crippen LogP contribution >= 0.6 is 58.2 Å². The van der Waals surface area contributed by atoms with E-state index in [-0.39, 0.29) is 27.9 Å². The highest BCUT2D eigenvalue weighted by atomic mass is 127. The fourth-order valence-electron chi connectivity index (χ4n) is 3.59. The molecular weight excluding hydrogens is 669 g/mol. The summed E-state index contributed by atoms with van der Waals surface area (Å²) in [5.74, 6) is 1.42. The van der Waals surface area contributed by atoms with Crippen LogP contribution in [-0.4, -0.2) is 68.4 Å². The second-order valence-electron chi connectivity index (χ2n) is 7.45. The van der Waals surface area contributed by atoms with E-state index in [0.29, 0.717) is 19.6 Å². The molecule has 1 saturated carbocycles. The van der Waals surface area contributed by atoms with Gasteiger partial charge in [0.25, 0.3) is 5.91 Å². The molecule has 174 valence electrons. The summed E-state index contributed by atoms with van der Waals surface area (Å²) in [6.07, 6.45) is 5.71. The number of pyridine rings is 1. The molecule has 3 rings (SSSR count). The SMILES string of the molecule is COCO[C@@]1(Cc2cc(OCCC3CC3)ccn2)C(=O)N(COC)[C@H]1COSP(I)I. The lowest BCUT2D eigenvalue weighted by molar-refractivity contribution is -0.236. The van der Waals surface area contributed by atoms with Crippen LogP contribution in [0, 0.1) is 5.92 Å². The van der Waals surface area contributed by atoms with Crippen molar-refractivity contribution in [3.8, 4) is 5.75 Å².